The number of fused-ring (bicyclic) bond motifs is 1. The fourth-order valence-electron chi connectivity index (χ4n) is 2.60. The lowest BCUT2D eigenvalue weighted by Crippen LogP contribution is -2.20. The zero-order chi connectivity index (χ0) is 16.2. The topological polar surface area (TPSA) is 44.9 Å². The number of nitrogens with one attached hydrogen (secondary N) is 2. The van der Waals surface area contributed by atoms with E-state index in [1.807, 2.05) is 18.2 Å². The van der Waals surface area contributed by atoms with Crippen molar-refractivity contribution in [1.82, 2.24) is 10.3 Å². The van der Waals surface area contributed by atoms with Crippen LogP contribution in [0.25, 0.3) is 10.9 Å². The Balaban J connectivity index is 1.75. The Kier molecular flexibility index (Phi) is 4.53. The monoisotopic (exact) mass is 310 g/mol. The number of H-pyrrole nitrogens is 1. The lowest BCUT2D eigenvalue weighted by molar-refractivity contribution is 0.624. The molecular weight excluding hydrogens is 291 g/mol. The Morgan fingerprint density at radius 1 is 1.00 bits per heavy atom. The van der Waals surface area contributed by atoms with Gasteiger partial charge in [-0.25, -0.2) is 4.39 Å². The highest BCUT2D eigenvalue weighted by Gasteiger charge is 2.04. The molecular formula is C19H19FN2O. The van der Waals surface area contributed by atoms with Gasteiger partial charge in [-0.15, -0.1) is 0 Å². The lowest BCUT2D eigenvalue weighted by Gasteiger charge is -2.07. The Labute approximate surface area is 134 Å². The van der Waals surface area contributed by atoms with Gasteiger partial charge in [0.1, 0.15) is 5.82 Å². The molecule has 2 N–H and O–H groups in total. The summed E-state index contributed by atoms with van der Waals surface area (Å²) >= 11 is 0. The molecule has 0 fully saturated rings. The van der Waals surface area contributed by atoms with Gasteiger partial charge in [-0.2, -0.15) is 0 Å². The molecule has 3 nitrogen and oxygen atoms in total. The van der Waals surface area contributed by atoms with Gasteiger partial charge in [0.25, 0.3) is 5.56 Å². The molecule has 3 aromatic rings. The molecule has 1 heterocycles. The number of benzene rings is 2. The predicted octanol–water partition coefficient (Wildman–Crippen LogP) is 3.52. The van der Waals surface area contributed by atoms with Gasteiger partial charge in [0.05, 0.1) is 0 Å². The zero-order valence-corrected chi connectivity index (χ0v) is 13.0. The Morgan fingerprint density at radius 3 is 2.48 bits per heavy atom. The van der Waals surface area contributed by atoms with Gasteiger partial charge >= 0.3 is 0 Å². The van der Waals surface area contributed by atoms with E-state index in [9.17, 15) is 9.18 Å². The lowest BCUT2D eigenvalue weighted by atomic mass is 10.1. The van der Waals surface area contributed by atoms with Crippen LogP contribution in [0.4, 0.5) is 4.39 Å². The van der Waals surface area contributed by atoms with Crippen LogP contribution in [-0.4, -0.2) is 4.98 Å². The van der Waals surface area contributed by atoms with E-state index in [1.165, 1.54) is 17.7 Å². The summed E-state index contributed by atoms with van der Waals surface area (Å²) in [5, 5.41) is 4.27. The highest BCUT2D eigenvalue weighted by Crippen LogP contribution is 2.14. The van der Waals surface area contributed by atoms with Crippen molar-refractivity contribution in [2.75, 3.05) is 0 Å². The fourth-order valence-corrected chi connectivity index (χ4v) is 2.60. The largest absolute Gasteiger partial charge is 0.322 e. The van der Waals surface area contributed by atoms with Crippen molar-refractivity contribution in [2.45, 2.75) is 26.4 Å². The summed E-state index contributed by atoms with van der Waals surface area (Å²) in [5.74, 6) is -0.244. The van der Waals surface area contributed by atoms with Crippen LogP contribution in [-0.2, 0) is 19.5 Å². The second kappa shape index (κ2) is 6.75. The van der Waals surface area contributed by atoms with Crippen molar-refractivity contribution in [1.29, 1.82) is 0 Å². The van der Waals surface area contributed by atoms with Gasteiger partial charge in [-0.1, -0.05) is 25.1 Å². The van der Waals surface area contributed by atoms with Gasteiger partial charge in [-0.3, -0.25) is 4.79 Å². The Hall–Kier alpha value is -2.46. The predicted molar refractivity (Wildman–Crippen MR) is 90.9 cm³/mol. The average Bonchev–Trinajstić information content (AvgIpc) is 2.56. The summed E-state index contributed by atoms with van der Waals surface area (Å²) in [4.78, 5) is 15.1. The van der Waals surface area contributed by atoms with Crippen LogP contribution in [0.3, 0.4) is 0 Å². The van der Waals surface area contributed by atoms with E-state index < -0.39 is 0 Å². The van der Waals surface area contributed by atoms with E-state index in [4.69, 9.17) is 0 Å². The maximum Gasteiger partial charge on any atom is 0.252 e. The van der Waals surface area contributed by atoms with Crippen LogP contribution in [0.2, 0.25) is 0 Å². The number of hydrogen-bond donors (Lipinski definition) is 2. The van der Waals surface area contributed by atoms with E-state index in [2.05, 4.69) is 23.3 Å². The average molecular weight is 310 g/mol. The molecule has 2 aromatic carbocycles. The molecule has 0 unspecified atom stereocenters. The quantitative estimate of drug-likeness (QED) is 0.757. The van der Waals surface area contributed by atoms with E-state index >= 15 is 0 Å². The van der Waals surface area contributed by atoms with Crippen molar-refractivity contribution in [3.05, 3.63) is 81.4 Å². The number of halogens is 1. The molecule has 0 amide bonds. The van der Waals surface area contributed by atoms with E-state index in [1.54, 1.807) is 12.1 Å². The van der Waals surface area contributed by atoms with Crippen LogP contribution in [0.15, 0.2) is 53.3 Å². The number of aromatic nitrogens is 1. The third-order valence-electron chi connectivity index (χ3n) is 3.95. The van der Waals surface area contributed by atoms with Crippen molar-refractivity contribution in [3.63, 3.8) is 0 Å². The highest BCUT2D eigenvalue weighted by molar-refractivity contribution is 5.79. The van der Waals surface area contributed by atoms with Crippen LogP contribution in [0, 0.1) is 5.82 Å². The van der Waals surface area contributed by atoms with Gasteiger partial charge in [0, 0.05) is 24.2 Å². The first-order chi connectivity index (χ1) is 11.2. The van der Waals surface area contributed by atoms with E-state index in [0.29, 0.717) is 18.7 Å². The van der Waals surface area contributed by atoms with Crippen LogP contribution >= 0.6 is 0 Å². The van der Waals surface area contributed by atoms with Gasteiger partial charge < -0.3 is 10.3 Å². The molecule has 0 aliphatic heterocycles. The minimum absolute atomic E-state index is 0.0756. The first-order valence-corrected chi connectivity index (χ1v) is 7.75. The van der Waals surface area contributed by atoms with Gasteiger partial charge in [0.2, 0.25) is 0 Å². The molecule has 0 saturated carbocycles. The Bertz CT molecular complexity index is 869. The first-order valence-electron chi connectivity index (χ1n) is 7.75. The molecule has 0 radical (unpaired) electrons. The minimum Gasteiger partial charge on any atom is -0.322 e. The minimum atomic E-state index is -0.244. The maximum absolute atomic E-state index is 12.9. The van der Waals surface area contributed by atoms with E-state index in [-0.39, 0.29) is 11.4 Å². The summed E-state index contributed by atoms with van der Waals surface area (Å²) in [6.45, 7) is 3.17. The van der Waals surface area contributed by atoms with Gasteiger partial charge in [-0.05, 0) is 53.3 Å². The first kappa shape index (κ1) is 15.4. The number of aryl methyl sites for hydroxylation is 1. The Morgan fingerprint density at radius 2 is 1.74 bits per heavy atom. The standard InChI is InChI=1S/C19H19FN2O/c1-2-13-5-8-18-15(9-13)10-16(19(23)22-18)12-21-11-14-3-6-17(20)7-4-14/h3-10,21H,2,11-12H2,1H3,(H,22,23). The number of hydrogen-bond acceptors (Lipinski definition) is 2. The van der Waals surface area contributed by atoms with Gasteiger partial charge in [0.15, 0.2) is 0 Å². The van der Waals surface area contributed by atoms with Crippen LogP contribution in [0.5, 0.6) is 0 Å². The number of aromatic amines is 1. The van der Waals surface area contributed by atoms with Crippen LogP contribution < -0.4 is 10.9 Å². The SMILES string of the molecule is CCc1ccc2[nH]c(=O)c(CNCc3ccc(F)cc3)cc2c1. The molecule has 0 saturated heterocycles. The summed E-state index contributed by atoms with van der Waals surface area (Å²) in [6.07, 6.45) is 0.965. The molecule has 23 heavy (non-hydrogen) atoms. The molecule has 0 spiro atoms. The fraction of sp³-hybridized carbons (Fsp3) is 0.211. The summed E-state index contributed by atoms with van der Waals surface area (Å²) < 4.78 is 12.9. The second-order valence-corrected chi connectivity index (χ2v) is 5.63. The number of pyridine rings is 1. The molecule has 0 aliphatic rings. The maximum atomic E-state index is 12.9. The molecule has 0 aliphatic carbocycles. The summed E-state index contributed by atoms with van der Waals surface area (Å²) in [5.41, 5.74) is 3.71. The van der Waals surface area contributed by atoms with Crippen LogP contribution in [0.1, 0.15) is 23.6 Å². The molecule has 1 aromatic heterocycles. The second-order valence-electron chi connectivity index (χ2n) is 5.63. The normalized spacial score (nSPS) is 11.0. The number of rotatable bonds is 5. The zero-order valence-electron chi connectivity index (χ0n) is 13.0. The smallest absolute Gasteiger partial charge is 0.252 e. The van der Waals surface area contributed by atoms with Crippen molar-refractivity contribution in [3.8, 4) is 0 Å². The third kappa shape index (κ3) is 3.66. The molecule has 4 heteroatoms. The third-order valence-corrected chi connectivity index (χ3v) is 3.95. The van der Waals surface area contributed by atoms with Crippen molar-refractivity contribution >= 4 is 10.9 Å². The molecule has 0 atom stereocenters. The molecule has 3 rings (SSSR count). The van der Waals surface area contributed by atoms with Crippen molar-refractivity contribution in [2.24, 2.45) is 0 Å². The summed E-state index contributed by atoms with van der Waals surface area (Å²) in [7, 11) is 0. The molecule has 0 bridgehead atoms. The van der Waals surface area contributed by atoms with E-state index in [0.717, 1.165) is 22.9 Å². The summed E-state index contributed by atoms with van der Waals surface area (Å²) in [6, 6.07) is 14.4. The molecule has 118 valence electrons. The highest BCUT2D eigenvalue weighted by atomic mass is 19.1. The van der Waals surface area contributed by atoms with Crippen molar-refractivity contribution < 1.29 is 4.39 Å².